The van der Waals surface area contributed by atoms with E-state index in [1.54, 1.807) is 7.11 Å². The van der Waals surface area contributed by atoms with Gasteiger partial charge in [0.05, 0.1) is 6.10 Å². The Kier molecular flexibility index (Phi) is 3.53. The normalized spacial score (nSPS) is 34.1. The molecule has 0 saturated heterocycles. The van der Waals surface area contributed by atoms with Gasteiger partial charge in [0.1, 0.15) is 6.10 Å². The van der Waals surface area contributed by atoms with Crippen molar-refractivity contribution in [3.05, 3.63) is 34.9 Å². The number of hydrogen-bond acceptors (Lipinski definition) is 7. The van der Waals surface area contributed by atoms with Gasteiger partial charge in [-0.25, -0.2) is 0 Å². The summed E-state index contributed by atoms with van der Waals surface area (Å²) in [5, 5.41) is 11.2. The second kappa shape index (κ2) is 5.70. The molecule has 0 radical (unpaired) electrons. The van der Waals surface area contributed by atoms with Gasteiger partial charge < -0.3 is 24.1 Å². The number of esters is 1. The molecule has 5 unspecified atom stereocenters. The molecule has 7 heteroatoms. The van der Waals surface area contributed by atoms with E-state index in [-0.39, 0.29) is 24.7 Å². The van der Waals surface area contributed by atoms with Crippen LogP contribution in [0.15, 0.2) is 23.8 Å². The van der Waals surface area contributed by atoms with E-state index in [9.17, 15) is 9.90 Å². The van der Waals surface area contributed by atoms with Gasteiger partial charge in [0.25, 0.3) is 0 Å². The van der Waals surface area contributed by atoms with Gasteiger partial charge in [-0.05, 0) is 28.8 Å². The minimum absolute atomic E-state index is 0.00591. The number of rotatable bonds is 2. The molecular formula is C19H21NO6. The summed E-state index contributed by atoms with van der Waals surface area (Å²) in [4.78, 5) is 13.9. The zero-order valence-corrected chi connectivity index (χ0v) is 14.7. The van der Waals surface area contributed by atoms with Gasteiger partial charge in [-0.1, -0.05) is 6.08 Å². The Labute approximate surface area is 151 Å². The quantitative estimate of drug-likeness (QED) is 0.622. The van der Waals surface area contributed by atoms with Crippen LogP contribution in [-0.2, 0) is 20.8 Å². The predicted molar refractivity (Wildman–Crippen MR) is 89.9 cm³/mol. The molecular weight excluding hydrogens is 338 g/mol. The molecule has 3 aliphatic heterocycles. The summed E-state index contributed by atoms with van der Waals surface area (Å²) in [6, 6.07) is 3.99. The summed E-state index contributed by atoms with van der Waals surface area (Å²) in [5.41, 5.74) is 3.20. The van der Waals surface area contributed by atoms with Crippen LogP contribution in [0, 0.1) is 0 Å². The number of benzene rings is 1. The summed E-state index contributed by atoms with van der Waals surface area (Å²) in [6.07, 6.45) is 0.138. The zero-order chi connectivity index (χ0) is 18.0. The molecule has 0 amide bonds. The van der Waals surface area contributed by atoms with E-state index in [1.165, 1.54) is 6.92 Å². The summed E-state index contributed by atoms with van der Waals surface area (Å²) in [5.74, 6) is 0.922. The van der Waals surface area contributed by atoms with E-state index in [4.69, 9.17) is 18.9 Å². The fourth-order valence-electron chi connectivity index (χ4n) is 4.91. The van der Waals surface area contributed by atoms with Crippen LogP contribution < -0.4 is 9.47 Å². The number of carbonyl (C=O) groups is 1. The molecule has 0 spiro atoms. The molecule has 5 atom stereocenters. The lowest BCUT2D eigenvalue weighted by molar-refractivity contribution is -0.163. The molecule has 4 aliphatic rings. The molecule has 1 aromatic carbocycles. The number of fused-ring (bicyclic) bond motifs is 3. The van der Waals surface area contributed by atoms with E-state index in [0.717, 1.165) is 35.5 Å². The lowest BCUT2D eigenvalue weighted by atomic mass is 9.69. The number of nitrogens with zero attached hydrogens (tertiary/aromatic N) is 1. The van der Waals surface area contributed by atoms with E-state index in [1.807, 2.05) is 12.1 Å². The van der Waals surface area contributed by atoms with Crippen LogP contribution in [-0.4, -0.2) is 60.8 Å². The van der Waals surface area contributed by atoms with E-state index < -0.39 is 18.3 Å². The summed E-state index contributed by atoms with van der Waals surface area (Å²) in [7, 11) is 1.54. The molecule has 5 rings (SSSR count). The average Bonchev–Trinajstić information content (AvgIpc) is 3.22. The van der Waals surface area contributed by atoms with Gasteiger partial charge in [0.15, 0.2) is 17.6 Å². The van der Waals surface area contributed by atoms with E-state index in [0.29, 0.717) is 5.75 Å². The molecule has 0 bridgehead atoms. The molecule has 0 aromatic heterocycles. The number of methoxy groups -OCH3 is 1. The number of ether oxygens (including phenoxy) is 4. The lowest BCUT2D eigenvalue weighted by Crippen LogP contribution is -2.59. The molecule has 138 valence electrons. The van der Waals surface area contributed by atoms with Crippen LogP contribution in [0.1, 0.15) is 24.0 Å². The van der Waals surface area contributed by atoms with Crippen molar-refractivity contribution < 1.29 is 28.8 Å². The second-order valence-corrected chi connectivity index (χ2v) is 7.23. The lowest BCUT2D eigenvalue weighted by Gasteiger charge is -2.49. The minimum atomic E-state index is -0.800. The number of aliphatic hydroxyl groups is 1. The minimum Gasteiger partial charge on any atom is -0.455 e. The largest absolute Gasteiger partial charge is 0.455 e. The second-order valence-electron chi connectivity index (χ2n) is 7.23. The SMILES string of the molecule is COC1C(OC(C)=O)C2=CCN3Cc4cc5c(cc4C(C1O)C23)OCO5. The maximum Gasteiger partial charge on any atom is 0.303 e. The third-order valence-electron chi connectivity index (χ3n) is 5.90. The fraction of sp³-hybridized carbons (Fsp3) is 0.526. The Bertz CT molecular complexity index is 805. The van der Waals surface area contributed by atoms with E-state index >= 15 is 0 Å². The first kappa shape index (κ1) is 16.1. The molecule has 26 heavy (non-hydrogen) atoms. The average molecular weight is 359 g/mol. The number of carbonyl (C=O) groups excluding carboxylic acids is 1. The fourth-order valence-corrected chi connectivity index (χ4v) is 4.91. The Morgan fingerprint density at radius 3 is 2.81 bits per heavy atom. The Balaban J connectivity index is 1.61. The van der Waals surface area contributed by atoms with Crippen molar-refractivity contribution >= 4 is 5.97 Å². The third-order valence-corrected chi connectivity index (χ3v) is 5.90. The summed E-state index contributed by atoms with van der Waals surface area (Å²) < 4.78 is 22.2. The van der Waals surface area contributed by atoms with Crippen molar-refractivity contribution in [2.75, 3.05) is 20.4 Å². The van der Waals surface area contributed by atoms with E-state index in [2.05, 4.69) is 11.0 Å². The molecule has 3 heterocycles. The molecule has 1 aliphatic carbocycles. The summed E-state index contributed by atoms with van der Waals surface area (Å²) >= 11 is 0. The zero-order valence-electron chi connectivity index (χ0n) is 14.7. The van der Waals surface area contributed by atoms with Gasteiger partial charge in [0.2, 0.25) is 6.79 Å². The van der Waals surface area contributed by atoms with Crippen molar-refractivity contribution in [1.29, 1.82) is 0 Å². The smallest absolute Gasteiger partial charge is 0.303 e. The van der Waals surface area contributed by atoms with Crippen LogP contribution in [0.2, 0.25) is 0 Å². The predicted octanol–water partition coefficient (Wildman–Crippen LogP) is 0.944. The van der Waals surface area contributed by atoms with Gasteiger partial charge >= 0.3 is 5.97 Å². The molecule has 1 aromatic rings. The molecule has 1 saturated carbocycles. The van der Waals surface area contributed by atoms with Crippen LogP contribution in [0.3, 0.4) is 0 Å². The maximum absolute atomic E-state index is 11.6. The van der Waals surface area contributed by atoms with Crippen LogP contribution in [0.5, 0.6) is 11.5 Å². The first-order valence-electron chi connectivity index (χ1n) is 8.83. The highest BCUT2D eigenvalue weighted by Crippen LogP contribution is 2.50. The summed E-state index contributed by atoms with van der Waals surface area (Å²) in [6.45, 7) is 3.11. The maximum atomic E-state index is 11.6. The Morgan fingerprint density at radius 1 is 1.31 bits per heavy atom. The highest BCUT2D eigenvalue weighted by Gasteiger charge is 2.55. The topological polar surface area (TPSA) is 77.5 Å². The standard InChI is InChI=1S/C19H21NO6/c1-9(21)26-18-11-3-4-20-7-10-5-13-14(25-8-24-13)6-12(10)15(16(11)20)17(22)19(18)23-2/h3,5-6,15-19,22H,4,7-8H2,1-2H3. The highest BCUT2D eigenvalue weighted by atomic mass is 16.7. The van der Waals surface area contributed by atoms with Gasteiger partial charge in [-0.3, -0.25) is 9.69 Å². The number of aliphatic hydroxyl groups excluding tert-OH is 1. The van der Waals surface area contributed by atoms with Crippen molar-refractivity contribution in [1.82, 2.24) is 4.90 Å². The Hall–Kier alpha value is -2.09. The Morgan fingerprint density at radius 2 is 2.08 bits per heavy atom. The first-order valence-corrected chi connectivity index (χ1v) is 8.83. The van der Waals surface area contributed by atoms with Crippen molar-refractivity contribution in [2.45, 2.75) is 43.7 Å². The van der Waals surface area contributed by atoms with Gasteiger partial charge in [-0.15, -0.1) is 0 Å². The molecule has 7 nitrogen and oxygen atoms in total. The van der Waals surface area contributed by atoms with Crippen molar-refractivity contribution in [2.24, 2.45) is 0 Å². The monoisotopic (exact) mass is 359 g/mol. The van der Waals surface area contributed by atoms with Gasteiger partial charge in [-0.2, -0.15) is 0 Å². The first-order chi connectivity index (χ1) is 12.6. The third kappa shape index (κ3) is 2.14. The molecule has 1 N–H and O–H groups in total. The molecule has 1 fully saturated rings. The van der Waals surface area contributed by atoms with Crippen molar-refractivity contribution in [3.8, 4) is 11.5 Å². The van der Waals surface area contributed by atoms with Crippen LogP contribution in [0.4, 0.5) is 0 Å². The van der Waals surface area contributed by atoms with Crippen LogP contribution >= 0.6 is 0 Å². The van der Waals surface area contributed by atoms with Gasteiger partial charge in [0, 0.05) is 39.1 Å². The highest BCUT2D eigenvalue weighted by molar-refractivity contribution is 5.67. The number of hydrogen-bond donors (Lipinski definition) is 1. The van der Waals surface area contributed by atoms with Crippen LogP contribution in [0.25, 0.3) is 0 Å². The van der Waals surface area contributed by atoms with Crippen molar-refractivity contribution in [3.63, 3.8) is 0 Å².